The van der Waals surface area contributed by atoms with E-state index in [0.29, 0.717) is 5.92 Å². The van der Waals surface area contributed by atoms with Gasteiger partial charge in [0.1, 0.15) is 5.82 Å². The number of aromatic nitrogens is 1. The fourth-order valence-electron chi connectivity index (χ4n) is 2.87. The number of piperidine rings is 1. The van der Waals surface area contributed by atoms with E-state index in [2.05, 4.69) is 17.0 Å². The maximum absolute atomic E-state index is 5.80. The van der Waals surface area contributed by atoms with Crippen LogP contribution in [0.3, 0.4) is 0 Å². The van der Waals surface area contributed by atoms with Crippen molar-refractivity contribution in [3.8, 4) is 0 Å². The van der Waals surface area contributed by atoms with E-state index in [0.717, 1.165) is 42.1 Å². The molecule has 0 atom stereocenters. The summed E-state index contributed by atoms with van der Waals surface area (Å²) >= 11 is 0. The largest absolute Gasteiger partial charge is 0.399 e. The molecule has 1 aromatic carbocycles. The van der Waals surface area contributed by atoms with Gasteiger partial charge in [0.05, 0.1) is 5.52 Å². The molecule has 1 saturated heterocycles. The second-order valence-electron chi connectivity index (χ2n) is 5.51. The Morgan fingerprint density at radius 3 is 2.80 bits per heavy atom. The fourth-order valence-corrected chi connectivity index (χ4v) is 2.87. The molecule has 0 amide bonds. The average molecular weight is 271 g/mol. The van der Waals surface area contributed by atoms with Gasteiger partial charge >= 0.3 is 0 Å². The lowest BCUT2D eigenvalue weighted by atomic mass is 9.98. The van der Waals surface area contributed by atoms with Crippen LogP contribution in [0.15, 0.2) is 30.3 Å². The summed E-state index contributed by atoms with van der Waals surface area (Å²) in [5, 5.41) is 1.10. The predicted octanol–water partition coefficient (Wildman–Crippen LogP) is 2.68. The zero-order chi connectivity index (χ0) is 13.9. The zero-order valence-electron chi connectivity index (χ0n) is 11.9. The number of anilines is 2. The molecule has 20 heavy (non-hydrogen) atoms. The van der Waals surface area contributed by atoms with E-state index in [-0.39, 0.29) is 0 Å². The highest BCUT2D eigenvalue weighted by Crippen LogP contribution is 2.24. The standard InChI is InChI=1S/C16H21N3O/c1-20-11-12-6-8-19(9-7-12)16-5-2-13-10-14(17)3-4-15(13)18-16/h2-5,10,12H,6-9,11,17H2,1H3. The van der Waals surface area contributed by atoms with Crippen LogP contribution in [0.4, 0.5) is 11.5 Å². The molecule has 4 heteroatoms. The number of rotatable bonds is 3. The third kappa shape index (κ3) is 2.70. The molecular formula is C16H21N3O. The number of pyridine rings is 1. The molecule has 2 aromatic rings. The van der Waals surface area contributed by atoms with Crippen LogP contribution in [0.1, 0.15) is 12.8 Å². The number of nitrogens with zero attached hydrogens (tertiary/aromatic N) is 2. The predicted molar refractivity (Wildman–Crippen MR) is 83.0 cm³/mol. The molecule has 4 nitrogen and oxygen atoms in total. The third-order valence-electron chi connectivity index (χ3n) is 4.04. The molecule has 0 radical (unpaired) electrons. The quantitative estimate of drug-likeness (QED) is 0.872. The van der Waals surface area contributed by atoms with Crippen LogP contribution in [0.2, 0.25) is 0 Å². The highest BCUT2D eigenvalue weighted by atomic mass is 16.5. The summed E-state index contributed by atoms with van der Waals surface area (Å²) in [6, 6.07) is 10.1. The summed E-state index contributed by atoms with van der Waals surface area (Å²) in [6.07, 6.45) is 2.35. The summed E-state index contributed by atoms with van der Waals surface area (Å²) in [6.45, 7) is 2.99. The average Bonchev–Trinajstić information content (AvgIpc) is 2.48. The number of nitrogens with two attached hydrogens (primary N) is 1. The maximum Gasteiger partial charge on any atom is 0.129 e. The summed E-state index contributed by atoms with van der Waals surface area (Å²) in [7, 11) is 1.78. The molecule has 3 rings (SSSR count). The van der Waals surface area contributed by atoms with Gasteiger partial charge in [0, 0.05) is 37.9 Å². The molecule has 2 N–H and O–H groups in total. The van der Waals surface area contributed by atoms with Crippen LogP contribution < -0.4 is 10.6 Å². The SMILES string of the molecule is COCC1CCN(c2ccc3cc(N)ccc3n2)CC1. The number of methoxy groups -OCH3 is 1. The Morgan fingerprint density at radius 1 is 1.25 bits per heavy atom. The van der Waals surface area contributed by atoms with Crippen molar-refractivity contribution >= 4 is 22.4 Å². The summed E-state index contributed by atoms with van der Waals surface area (Å²) < 4.78 is 5.25. The van der Waals surface area contributed by atoms with E-state index in [1.54, 1.807) is 7.11 Å². The van der Waals surface area contributed by atoms with Gasteiger partial charge in [-0.15, -0.1) is 0 Å². The summed E-state index contributed by atoms with van der Waals surface area (Å²) in [5.41, 5.74) is 7.59. The molecule has 0 saturated carbocycles. The van der Waals surface area contributed by atoms with E-state index in [4.69, 9.17) is 15.5 Å². The maximum atomic E-state index is 5.80. The normalized spacial score (nSPS) is 16.8. The number of nitrogen functional groups attached to an aromatic ring is 1. The van der Waals surface area contributed by atoms with Crippen molar-refractivity contribution in [2.24, 2.45) is 5.92 Å². The second kappa shape index (κ2) is 5.67. The Bertz CT molecular complexity index is 591. The van der Waals surface area contributed by atoms with E-state index in [1.165, 1.54) is 12.8 Å². The van der Waals surface area contributed by atoms with Gasteiger partial charge in [-0.25, -0.2) is 4.98 Å². The number of ether oxygens (including phenoxy) is 1. The first-order chi connectivity index (χ1) is 9.76. The van der Waals surface area contributed by atoms with Crippen molar-refractivity contribution in [2.75, 3.05) is 37.4 Å². The Morgan fingerprint density at radius 2 is 2.05 bits per heavy atom. The van der Waals surface area contributed by atoms with Crippen LogP contribution in [-0.4, -0.2) is 31.8 Å². The first kappa shape index (κ1) is 13.2. The van der Waals surface area contributed by atoms with Gasteiger partial charge in [-0.3, -0.25) is 0 Å². The van der Waals surface area contributed by atoms with Gasteiger partial charge in [0.2, 0.25) is 0 Å². The topological polar surface area (TPSA) is 51.4 Å². The smallest absolute Gasteiger partial charge is 0.129 e. The Hall–Kier alpha value is -1.81. The lowest BCUT2D eigenvalue weighted by molar-refractivity contribution is 0.139. The molecule has 2 heterocycles. The van der Waals surface area contributed by atoms with E-state index in [1.807, 2.05) is 18.2 Å². The lowest BCUT2D eigenvalue weighted by Crippen LogP contribution is -2.35. The monoisotopic (exact) mass is 271 g/mol. The van der Waals surface area contributed by atoms with Crippen LogP contribution in [0.25, 0.3) is 10.9 Å². The highest BCUT2D eigenvalue weighted by Gasteiger charge is 2.20. The molecule has 1 fully saturated rings. The van der Waals surface area contributed by atoms with Crippen molar-refractivity contribution in [2.45, 2.75) is 12.8 Å². The van der Waals surface area contributed by atoms with Crippen molar-refractivity contribution in [1.82, 2.24) is 4.98 Å². The van der Waals surface area contributed by atoms with Gasteiger partial charge in [0.15, 0.2) is 0 Å². The molecular weight excluding hydrogens is 250 g/mol. The number of hydrogen-bond donors (Lipinski definition) is 1. The molecule has 106 valence electrons. The third-order valence-corrected chi connectivity index (χ3v) is 4.04. The zero-order valence-corrected chi connectivity index (χ0v) is 11.9. The van der Waals surface area contributed by atoms with Crippen LogP contribution >= 0.6 is 0 Å². The Kier molecular flexibility index (Phi) is 3.74. The van der Waals surface area contributed by atoms with Crippen molar-refractivity contribution in [3.05, 3.63) is 30.3 Å². The van der Waals surface area contributed by atoms with Crippen LogP contribution in [0.5, 0.6) is 0 Å². The molecule has 1 aliphatic rings. The molecule has 0 bridgehead atoms. The van der Waals surface area contributed by atoms with Crippen molar-refractivity contribution < 1.29 is 4.74 Å². The van der Waals surface area contributed by atoms with E-state index < -0.39 is 0 Å². The Labute approximate surface area is 119 Å². The second-order valence-corrected chi connectivity index (χ2v) is 5.51. The van der Waals surface area contributed by atoms with Crippen molar-refractivity contribution in [1.29, 1.82) is 0 Å². The van der Waals surface area contributed by atoms with Gasteiger partial charge in [-0.05, 0) is 49.1 Å². The molecule has 0 unspecified atom stereocenters. The van der Waals surface area contributed by atoms with Crippen molar-refractivity contribution in [3.63, 3.8) is 0 Å². The minimum absolute atomic E-state index is 0.691. The molecule has 0 aliphatic carbocycles. The fraction of sp³-hybridized carbons (Fsp3) is 0.438. The molecule has 1 aromatic heterocycles. The van der Waals surface area contributed by atoms with Gasteiger partial charge < -0.3 is 15.4 Å². The number of hydrogen-bond acceptors (Lipinski definition) is 4. The highest BCUT2D eigenvalue weighted by molar-refractivity contribution is 5.83. The van der Waals surface area contributed by atoms with Gasteiger partial charge in [-0.2, -0.15) is 0 Å². The molecule has 1 aliphatic heterocycles. The van der Waals surface area contributed by atoms with E-state index in [9.17, 15) is 0 Å². The van der Waals surface area contributed by atoms with Crippen LogP contribution in [0, 0.1) is 5.92 Å². The minimum Gasteiger partial charge on any atom is -0.399 e. The number of fused-ring (bicyclic) bond motifs is 1. The van der Waals surface area contributed by atoms with E-state index >= 15 is 0 Å². The first-order valence-electron chi connectivity index (χ1n) is 7.16. The minimum atomic E-state index is 0.691. The van der Waals surface area contributed by atoms with Gasteiger partial charge in [-0.1, -0.05) is 0 Å². The summed E-state index contributed by atoms with van der Waals surface area (Å²) in [5.74, 6) is 1.76. The van der Waals surface area contributed by atoms with Crippen LogP contribution in [-0.2, 0) is 4.74 Å². The Balaban J connectivity index is 1.76. The summed E-state index contributed by atoms with van der Waals surface area (Å²) in [4.78, 5) is 7.11. The molecule has 0 spiro atoms. The number of benzene rings is 1. The van der Waals surface area contributed by atoms with Gasteiger partial charge in [0.25, 0.3) is 0 Å². The first-order valence-corrected chi connectivity index (χ1v) is 7.16. The lowest BCUT2D eigenvalue weighted by Gasteiger charge is -2.32.